The predicted octanol–water partition coefficient (Wildman–Crippen LogP) is 18.2. The molecule has 0 heterocycles. The van der Waals surface area contributed by atoms with E-state index in [4.69, 9.17) is 5.41 Å². The summed E-state index contributed by atoms with van der Waals surface area (Å²) >= 11 is 0. The third-order valence-corrected chi connectivity index (χ3v) is 15.6. The fourth-order valence-electron chi connectivity index (χ4n) is 12.8. The highest BCUT2D eigenvalue weighted by atomic mass is 14.8. The first kappa shape index (κ1) is 47.0. The lowest BCUT2D eigenvalue weighted by atomic mass is 9.51. The number of nitrogens with one attached hydrogen (secondary N) is 2. The molecule has 2 atom stereocenters. The molecule has 0 saturated carbocycles. The van der Waals surface area contributed by atoms with E-state index < -0.39 is 10.8 Å². The van der Waals surface area contributed by atoms with Gasteiger partial charge in [0.15, 0.2) is 0 Å². The number of fused-ring (bicyclic) bond motifs is 14. The van der Waals surface area contributed by atoms with Crippen molar-refractivity contribution in [2.75, 3.05) is 12.4 Å². The van der Waals surface area contributed by atoms with Gasteiger partial charge in [-0.05, 0) is 156 Å². The van der Waals surface area contributed by atoms with Gasteiger partial charge in [0.2, 0.25) is 0 Å². The zero-order chi connectivity index (χ0) is 50.1. The summed E-state index contributed by atoms with van der Waals surface area (Å²) in [7, 11) is 1.91. The van der Waals surface area contributed by atoms with Crippen molar-refractivity contribution in [3.05, 3.63) is 303 Å². The SMILES string of the molecule is C/C=C\C1=C(CC)c2ccccc2C12c1ccccc1C1(C3=CCCC=C3c3ccccc31)c1cc(-c3ccc(-c4cccc(C(=N)c5ccccc5)c4)c4ccccc34)ccc12.CC.CNc1ccccc1. The van der Waals surface area contributed by atoms with Gasteiger partial charge >= 0.3 is 0 Å². The number of anilines is 1. The molecule has 0 bridgehead atoms. The molecule has 0 radical (unpaired) electrons. The van der Waals surface area contributed by atoms with Crippen molar-refractivity contribution in [3.63, 3.8) is 0 Å². The van der Waals surface area contributed by atoms with Gasteiger partial charge in [0.25, 0.3) is 0 Å². The van der Waals surface area contributed by atoms with Gasteiger partial charge in [-0.25, -0.2) is 0 Å². The molecule has 0 amide bonds. The second-order valence-electron chi connectivity index (χ2n) is 19.1. The first-order chi connectivity index (χ1) is 36.0. The quantitative estimate of drug-likeness (QED) is 0.153. The number of hydrogen-bond acceptors (Lipinski definition) is 2. The minimum atomic E-state index is -0.500. The first-order valence-corrected chi connectivity index (χ1v) is 26.3. The van der Waals surface area contributed by atoms with Crippen LogP contribution in [0.3, 0.4) is 0 Å². The molecule has 4 aliphatic carbocycles. The molecule has 9 aromatic rings. The van der Waals surface area contributed by atoms with Crippen LogP contribution in [-0.4, -0.2) is 12.8 Å². The fourth-order valence-corrected chi connectivity index (χ4v) is 12.8. The van der Waals surface area contributed by atoms with Crippen molar-refractivity contribution < 1.29 is 0 Å². The van der Waals surface area contributed by atoms with Gasteiger partial charge in [0.1, 0.15) is 0 Å². The van der Waals surface area contributed by atoms with Gasteiger partial charge in [0, 0.05) is 18.3 Å². The Morgan fingerprint density at radius 2 is 1.03 bits per heavy atom. The maximum atomic E-state index is 9.08. The summed E-state index contributed by atoms with van der Waals surface area (Å²) < 4.78 is 0. The maximum Gasteiger partial charge on any atom is 0.0717 e. The molecule has 2 heteroatoms. The zero-order valence-electron chi connectivity index (χ0n) is 42.6. The summed E-state index contributed by atoms with van der Waals surface area (Å²) in [6.07, 6.45) is 12.8. The summed E-state index contributed by atoms with van der Waals surface area (Å²) in [6, 6.07) is 77.6. The third-order valence-electron chi connectivity index (χ3n) is 15.6. The lowest BCUT2D eigenvalue weighted by Crippen LogP contribution is -2.44. The molecule has 0 fully saturated rings. The lowest BCUT2D eigenvalue weighted by Gasteiger charge is -2.49. The van der Waals surface area contributed by atoms with Crippen LogP contribution >= 0.6 is 0 Å². The van der Waals surface area contributed by atoms with E-state index in [1.54, 1.807) is 0 Å². The van der Waals surface area contributed by atoms with Crippen molar-refractivity contribution in [3.8, 4) is 22.3 Å². The average Bonchev–Trinajstić information content (AvgIpc) is 3.95. The van der Waals surface area contributed by atoms with E-state index in [0.29, 0.717) is 5.71 Å². The summed E-state index contributed by atoms with van der Waals surface area (Å²) in [4.78, 5) is 0. The summed E-state index contributed by atoms with van der Waals surface area (Å²) in [5, 5.41) is 14.5. The Morgan fingerprint density at radius 1 is 0.493 bits per heavy atom. The van der Waals surface area contributed by atoms with E-state index in [9.17, 15) is 0 Å². The molecule has 356 valence electrons. The fraction of sp³-hybridized carbons (Fsp3) is 0.141. The number of hydrogen-bond donors (Lipinski definition) is 2. The van der Waals surface area contributed by atoms with E-state index in [-0.39, 0.29) is 0 Å². The smallest absolute Gasteiger partial charge is 0.0717 e. The largest absolute Gasteiger partial charge is 0.388 e. The third kappa shape index (κ3) is 7.34. The molecule has 0 saturated heterocycles. The van der Waals surface area contributed by atoms with Gasteiger partial charge in [-0.2, -0.15) is 0 Å². The van der Waals surface area contributed by atoms with Crippen LogP contribution in [0.15, 0.2) is 248 Å². The van der Waals surface area contributed by atoms with Crippen LogP contribution in [0.4, 0.5) is 5.69 Å². The van der Waals surface area contributed by atoms with Crippen molar-refractivity contribution in [2.45, 2.75) is 57.8 Å². The first-order valence-electron chi connectivity index (χ1n) is 26.3. The molecule has 13 rings (SSSR count). The van der Waals surface area contributed by atoms with Crippen LogP contribution < -0.4 is 5.32 Å². The second kappa shape index (κ2) is 19.7. The number of benzene rings is 9. The molecular formula is C71H62N2. The summed E-state index contributed by atoms with van der Waals surface area (Å²) in [5.74, 6) is 0. The van der Waals surface area contributed by atoms with Gasteiger partial charge in [-0.1, -0.05) is 233 Å². The second-order valence-corrected chi connectivity index (χ2v) is 19.1. The topological polar surface area (TPSA) is 35.9 Å². The van der Waals surface area contributed by atoms with Gasteiger partial charge in [0.05, 0.1) is 16.5 Å². The van der Waals surface area contributed by atoms with Gasteiger partial charge in [-0.15, -0.1) is 0 Å². The van der Waals surface area contributed by atoms with Crippen molar-refractivity contribution in [2.24, 2.45) is 0 Å². The van der Waals surface area contributed by atoms with Crippen LogP contribution in [0, 0.1) is 5.41 Å². The normalized spacial score (nSPS) is 17.5. The van der Waals surface area contributed by atoms with E-state index in [2.05, 4.69) is 195 Å². The van der Waals surface area contributed by atoms with Crippen LogP contribution in [0.5, 0.6) is 0 Å². The van der Waals surface area contributed by atoms with Crippen molar-refractivity contribution >= 4 is 33.3 Å². The molecule has 2 unspecified atom stereocenters. The molecule has 0 aromatic heterocycles. The summed E-state index contributed by atoms with van der Waals surface area (Å²) in [6.45, 7) is 8.50. The molecule has 2 nitrogen and oxygen atoms in total. The minimum Gasteiger partial charge on any atom is -0.388 e. The van der Waals surface area contributed by atoms with E-state index in [1.165, 1.54) is 94.3 Å². The van der Waals surface area contributed by atoms with E-state index in [0.717, 1.165) is 41.6 Å². The minimum absolute atomic E-state index is 0.495. The summed E-state index contributed by atoms with van der Waals surface area (Å²) in [5.41, 5.74) is 23.9. The van der Waals surface area contributed by atoms with Crippen LogP contribution in [0.2, 0.25) is 0 Å². The van der Waals surface area contributed by atoms with Crippen molar-refractivity contribution in [1.82, 2.24) is 0 Å². The molecular weight excluding hydrogens is 881 g/mol. The Labute approximate surface area is 432 Å². The highest BCUT2D eigenvalue weighted by Crippen LogP contribution is 2.68. The van der Waals surface area contributed by atoms with Gasteiger partial charge < -0.3 is 5.32 Å². The van der Waals surface area contributed by atoms with Crippen LogP contribution in [-0.2, 0) is 10.8 Å². The van der Waals surface area contributed by atoms with Gasteiger partial charge in [-0.3, -0.25) is 5.41 Å². The number of rotatable bonds is 7. The van der Waals surface area contributed by atoms with E-state index in [1.807, 2.05) is 81.6 Å². The molecule has 4 aliphatic rings. The highest BCUT2D eigenvalue weighted by Gasteiger charge is 2.60. The highest BCUT2D eigenvalue weighted by molar-refractivity contribution is 6.12. The Bertz CT molecular complexity index is 3700. The Hall–Kier alpha value is -8.33. The molecule has 2 spiro atoms. The monoisotopic (exact) mass is 942 g/mol. The van der Waals surface area contributed by atoms with Crippen LogP contribution in [0.25, 0.3) is 44.2 Å². The van der Waals surface area contributed by atoms with E-state index >= 15 is 0 Å². The van der Waals surface area contributed by atoms with Crippen molar-refractivity contribution in [1.29, 1.82) is 5.41 Å². The molecule has 0 aliphatic heterocycles. The Balaban J connectivity index is 0.000000521. The molecule has 2 N–H and O–H groups in total. The number of para-hydroxylation sites is 1. The predicted molar refractivity (Wildman–Crippen MR) is 311 cm³/mol. The van der Waals surface area contributed by atoms with Crippen LogP contribution in [0.1, 0.15) is 103 Å². The Morgan fingerprint density at radius 3 is 1.67 bits per heavy atom. The zero-order valence-corrected chi connectivity index (χ0v) is 42.6. The molecule has 9 aromatic carbocycles. The average molecular weight is 943 g/mol. The molecule has 73 heavy (non-hydrogen) atoms. The number of allylic oxidation sites excluding steroid dienone is 8. The standard InChI is InChI=1S/C62H47N.C7H9N.C2H6/c1-3-19-52-44(4-2)49-26-10-13-29-53(49)61(52)56-32-16-17-33-57(56)62(54-30-14-11-27-50(54)51-28-12-15-31-55(51)62)59-39-42(34-37-58(59)61)46-36-35-45(47-24-8-9-25-48(46)47)41-22-18-23-43(38-41)60(63)40-20-6-5-7-21-40;1-8-7-5-3-2-4-6-7;1-2/h3,5-11,13-14,16-39,63H,4,12,15H2,1-2H3;2-6,8H,1H3;1-2H3/b19-3-,63-60?;;. The Kier molecular flexibility index (Phi) is 12.7. The lowest BCUT2D eigenvalue weighted by molar-refractivity contribution is 0.627. The maximum absolute atomic E-state index is 9.08.